The quantitative estimate of drug-likeness (QED) is 0.249. The Hall–Kier alpha value is -1.87. The Morgan fingerprint density at radius 3 is 2.17 bits per heavy atom. The van der Waals surface area contributed by atoms with Gasteiger partial charge in [-0.25, -0.2) is 4.79 Å². The van der Waals surface area contributed by atoms with Crippen molar-refractivity contribution in [2.24, 2.45) is 11.8 Å². The lowest BCUT2D eigenvalue weighted by Gasteiger charge is -2.19. The highest BCUT2D eigenvalue weighted by molar-refractivity contribution is 5.83. The van der Waals surface area contributed by atoms with Crippen LogP contribution in [0.5, 0.6) is 0 Å². The number of benzene rings is 1. The molecule has 0 spiro atoms. The van der Waals surface area contributed by atoms with Crippen molar-refractivity contribution in [3.63, 3.8) is 0 Å². The van der Waals surface area contributed by atoms with Gasteiger partial charge in [0.15, 0.2) is 0 Å². The molecule has 166 valence electrons. The van der Waals surface area contributed by atoms with Gasteiger partial charge in [-0.3, -0.25) is 0 Å². The lowest BCUT2D eigenvalue weighted by molar-refractivity contribution is -0.137. The van der Waals surface area contributed by atoms with Crippen LogP contribution in [0.1, 0.15) is 83.9 Å². The zero-order valence-electron chi connectivity index (χ0n) is 20.1. The van der Waals surface area contributed by atoms with Crippen LogP contribution in [0.4, 0.5) is 0 Å². The third kappa shape index (κ3) is 5.63. The molecular formula is C27H40O3. The normalized spacial score (nSPS) is 24.1. The number of esters is 1. The maximum atomic E-state index is 11.7. The summed E-state index contributed by atoms with van der Waals surface area (Å²) in [4.78, 5) is 11.7. The lowest BCUT2D eigenvalue weighted by atomic mass is 9.86. The first kappa shape index (κ1) is 24.4. The Morgan fingerprint density at radius 1 is 1.07 bits per heavy atom. The average molecular weight is 413 g/mol. The van der Waals surface area contributed by atoms with Gasteiger partial charge >= 0.3 is 5.97 Å². The molecule has 1 aliphatic rings. The maximum absolute atomic E-state index is 11.7. The average Bonchev–Trinajstić information content (AvgIpc) is 3.28. The zero-order valence-corrected chi connectivity index (χ0v) is 20.1. The highest BCUT2D eigenvalue weighted by atomic mass is 16.5. The maximum Gasteiger partial charge on any atom is 0.330 e. The molecule has 0 unspecified atom stereocenters. The molecule has 3 heteroatoms. The Bertz CT molecular complexity index is 761. The van der Waals surface area contributed by atoms with E-state index in [9.17, 15) is 4.79 Å². The van der Waals surface area contributed by atoms with Crippen molar-refractivity contribution in [2.75, 3.05) is 19.8 Å². The third-order valence-electron chi connectivity index (χ3n) is 6.42. The molecular weight excluding hydrogens is 372 g/mol. The van der Waals surface area contributed by atoms with E-state index in [1.165, 1.54) is 16.7 Å². The summed E-state index contributed by atoms with van der Waals surface area (Å²) in [6, 6.07) is 7.15. The van der Waals surface area contributed by atoms with Crippen molar-refractivity contribution in [2.45, 2.75) is 72.6 Å². The molecule has 0 heterocycles. The molecule has 0 aliphatic heterocycles. The molecule has 0 bridgehead atoms. The molecule has 1 aromatic rings. The number of rotatable bonds is 10. The van der Waals surface area contributed by atoms with Gasteiger partial charge in [-0.15, -0.1) is 0 Å². The van der Waals surface area contributed by atoms with Crippen LogP contribution < -0.4 is 0 Å². The fourth-order valence-corrected chi connectivity index (χ4v) is 4.23. The second-order valence-electron chi connectivity index (χ2n) is 9.27. The van der Waals surface area contributed by atoms with E-state index >= 15 is 0 Å². The first-order valence-corrected chi connectivity index (χ1v) is 11.4. The molecule has 2 rings (SSSR count). The molecule has 1 saturated carbocycles. The van der Waals surface area contributed by atoms with Gasteiger partial charge in [0.1, 0.15) is 0 Å². The van der Waals surface area contributed by atoms with Gasteiger partial charge in [-0.1, -0.05) is 65.0 Å². The summed E-state index contributed by atoms with van der Waals surface area (Å²) >= 11 is 0. The first-order chi connectivity index (χ1) is 14.1. The number of carbonyl (C=O) groups excluding carboxylic acids is 1. The van der Waals surface area contributed by atoms with Crippen molar-refractivity contribution in [1.82, 2.24) is 0 Å². The minimum Gasteiger partial charge on any atom is -0.463 e. The minimum absolute atomic E-state index is 0.0460. The Kier molecular flexibility index (Phi) is 8.49. The van der Waals surface area contributed by atoms with Crippen LogP contribution in [0.25, 0.3) is 0 Å². The smallest absolute Gasteiger partial charge is 0.330 e. The molecule has 0 saturated heterocycles. The van der Waals surface area contributed by atoms with Crippen LogP contribution in [-0.2, 0) is 19.7 Å². The Morgan fingerprint density at radius 2 is 1.67 bits per heavy atom. The highest BCUT2D eigenvalue weighted by Gasteiger charge is 2.60. The standard InChI is InChI=1S/C27H40O3/c1-9-29-17-25-24(12-11-20(7)13-26(28)30-10-2)27(25,8)23-15-21(18(3)4)14-22(16-23)19(5)6/h11-16,18-19,24-25H,9-10,17H2,1-8H3/b12-11+,20-13+/t24-,25-,27+/m0/s1. The molecule has 0 amide bonds. The number of hydrogen-bond acceptors (Lipinski definition) is 3. The minimum atomic E-state index is -0.282. The van der Waals surface area contributed by atoms with Crippen molar-refractivity contribution in [1.29, 1.82) is 0 Å². The van der Waals surface area contributed by atoms with Gasteiger partial charge in [-0.2, -0.15) is 0 Å². The summed E-state index contributed by atoms with van der Waals surface area (Å²) in [5.74, 6) is 1.54. The highest BCUT2D eigenvalue weighted by Crippen LogP contribution is 2.61. The monoisotopic (exact) mass is 412 g/mol. The molecule has 1 aliphatic carbocycles. The van der Waals surface area contributed by atoms with E-state index in [2.05, 4.69) is 65.0 Å². The van der Waals surface area contributed by atoms with E-state index in [1.54, 1.807) is 6.08 Å². The number of hydrogen-bond donors (Lipinski definition) is 0. The molecule has 0 radical (unpaired) electrons. The van der Waals surface area contributed by atoms with Crippen LogP contribution in [-0.4, -0.2) is 25.8 Å². The molecule has 1 fully saturated rings. The summed E-state index contributed by atoms with van der Waals surface area (Å²) in [5, 5.41) is 0. The SMILES string of the molecule is CCOC[C@H]1[C@H](/C=C/C(C)=C/C(=O)OCC)[C@@]1(C)c1cc(C(C)C)cc(C(C)C)c1. The molecule has 3 nitrogen and oxygen atoms in total. The molecule has 30 heavy (non-hydrogen) atoms. The van der Waals surface area contributed by atoms with Crippen LogP contribution >= 0.6 is 0 Å². The van der Waals surface area contributed by atoms with E-state index in [4.69, 9.17) is 9.47 Å². The van der Waals surface area contributed by atoms with E-state index < -0.39 is 0 Å². The van der Waals surface area contributed by atoms with Crippen LogP contribution in [0.2, 0.25) is 0 Å². The Balaban J connectivity index is 2.36. The zero-order chi connectivity index (χ0) is 22.5. The van der Waals surface area contributed by atoms with Gasteiger partial charge in [0.2, 0.25) is 0 Å². The topological polar surface area (TPSA) is 35.5 Å². The van der Waals surface area contributed by atoms with Crippen molar-refractivity contribution in [3.05, 3.63) is 58.7 Å². The van der Waals surface area contributed by atoms with Gasteiger partial charge in [0, 0.05) is 18.1 Å². The van der Waals surface area contributed by atoms with Gasteiger partial charge in [0.05, 0.1) is 13.2 Å². The fourth-order valence-electron chi connectivity index (χ4n) is 4.23. The van der Waals surface area contributed by atoms with E-state index in [0.29, 0.717) is 30.3 Å². The van der Waals surface area contributed by atoms with E-state index in [1.807, 2.05) is 20.8 Å². The van der Waals surface area contributed by atoms with Crippen LogP contribution in [0.15, 0.2) is 42.0 Å². The lowest BCUT2D eigenvalue weighted by Crippen LogP contribution is -2.11. The van der Waals surface area contributed by atoms with Gasteiger partial charge < -0.3 is 9.47 Å². The molecule has 0 aromatic heterocycles. The van der Waals surface area contributed by atoms with E-state index in [-0.39, 0.29) is 11.4 Å². The van der Waals surface area contributed by atoms with Crippen LogP contribution in [0.3, 0.4) is 0 Å². The van der Waals surface area contributed by atoms with Gasteiger partial charge in [0.25, 0.3) is 0 Å². The van der Waals surface area contributed by atoms with Gasteiger partial charge in [-0.05, 0) is 66.7 Å². The number of allylic oxidation sites excluding steroid dienone is 3. The van der Waals surface area contributed by atoms with Crippen molar-refractivity contribution >= 4 is 5.97 Å². The molecule has 3 atom stereocenters. The summed E-state index contributed by atoms with van der Waals surface area (Å²) in [7, 11) is 0. The molecule has 0 N–H and O–H groups in total. The summed E-state index contributed by atoms with van der Waals surface area (Å²) < 4.78 is 10.9. The third-order valence-corrected chi connectivity index (χ3v) is 6.42. The van der Waals surface area contributed by atoms with Crippen molar-refractivity contribution in [3.8, 4) is 0 Å². The second-order valence-corrected chi connectivity index (χ2v) is 9.27. The van der Waals surface area contributed by atoms with Crippen molar-refractivity contribution < 1.29 is 14.3 Å². The predicted octanol–water partition coefficient (Wildman–Crippen LogP) is 6.54. The largest absolute Gasteiger partial charge is 0.463 e. The summed E-state index contributed by atoms with van der Waals surface area (Å²) in [6.07, 6.45) is 5.88. The predicted molar refractivity (Wildman–Crippen MR) is 125 cm³/mol. The number of carbonyl (C=O) groups is 1. The second kappa shape index (κ2) is 10.4. The number of ether oxygens (including phenoxy) is 2. The van der Waals surface area contributed by atoms with E-state index in [0.717, 1.165) is 18.8 Å². The first-order valence-electron chi connectivity index (χ1n) is 11.4. The molecule has 1 aromatic carbocycles. The Labute approximate surface area is 183 Å². The fraction of sp³-hybridized carbons (Fsp3) is 0.593. The summed E-state index contributed by atoms with van der Waals surface area (Å²) in [5.41, 5.74) is 5.17. The summed E-state index contributed by atoms with van der Waals surface area (Å²) in [6.45, 7) is 19.1. The van der Waals surface area contributed by atoms with Crippen LogP contribution in [0, 0.1) is 11.8 Å².